The lowest BCUT2D eigenvalue weighted by Crippen LogP contribution is -2.50. The maximum atomic E-state index is 13.7. The van der Waals surface area contributed by atoms with Crippen LogP contribution in [-0.4, -0.2) is 44.8 Å². The molecule has 1 atom stereocenters. The molecule has 0 aliphatic rings. The van der Waals surface area contributed by atoms with Gasteiger partial charge in [0.2, 0.25) is 11.8 Å². The third-order valence-corrected chi connectivity index (χ3v) is 7.74. The number of benzene rings is 3. The van der Waals surface area contributed by atoms with Crippen LogP contribution < -0.4 is 9.62 Å². The number of nitrogens with zero attached hydrogens (tertiary/aromatic N) is 2. The number of carbonyl (C=O) groups is 2. The zero-order valence-corrected chi connectivity index (χ0v) is 21.7. The number of anilines is 1. The number of halogens is 2. The molecule has 0 heterocycles. The Morgan fingerprint density at radius 3 is 2.28 bits per heavy atom. The van der Waals surface area contributed by atoms with Crippen LogP contribution in [0.15, 0.2) is 77.7 Å². The second-order valence-electron chi connectivity index (χ2n) is 8.19. The largest absolute Gasteiger partial charge is 0.357 e. The van der Waals surface area contributed by atoms with Crippen LogP contribution in [0.3, 0.4) is 0 Å². The molecular formula is C26H27ClFN3O4S. The standard InChI is InChI=1S/C26H27ClFN3O4S/c1-18-9-12-21(27)15-24(18)31(36(34,35)23-7-5-4-6-8-23)17-25(32)30(19(2)26(33)29-3)16-20-10-13-22(28)14-11-20/h4-15,19H,16-17H2,1-3H3,(H,29,33)/t19-/m1/s1. The lowest BCUT2D eigenvalue weighted by Gasteiger charge is -2.32. The average Bonchev–Trinajstić information content (AvgIpc) is 2.87. The molecule has 3 aromatic rings. The van der Waals surface area contributed by atoms with E-state index in [1.807, 2.05) is 0 Å². The smallest absolute Gasteiger partial charge is 0.264 e. The predicted octanol–water partition coefficient (Wildman–Crippen LogP) is 4.15. The Labute approximate surface area is 215 Å². The molecule has 0 saturated heterocycles. The van der Waals surface area contributed by atoms with E-state index >= 15 is 0 Å². The highest BCUT2D eigenvalue weighted by Gasteiger charge is 2.33. The third kappa shape index (κ3) is 6.22. The SMILES string of the molecule is CNC(=O)[C@@H](C)N(Cc1ccc(F)cc1)C(=O)CN(c1cc(Cl)ccc1C)S(=O)(=O)c1ccccc1. The maximum Gasteiger partial charge on any atom is 0.264 e. The number of likely N-dealkylation sites (N-methyl/N-ethyl adjacent to an activating group) is 1. The highest BCUT2D eigenvalue weighted by Crippen LogP contribution is 2.30. The molecule has 3 rings (SSSR count). The number of carbonyl (C=O) groups excluding carboxylic acids is 2. The van der Waals surface area contributed by atoms with E-state index in [2.05, 4.69) is 5.32 Å². The van der Waals surface area contributed by atoms with Gasteiger partial charge in [-0.05, 0) is 61.4 Å². The van der Waals surface area contributed by atoms with E-state index in [0.29, 0.717) is 16.1 Å². The third-order valence-electron chi connectivity index (χ3n) is 5.73. The molecular weight excluding hydrogens is 505 g/mol. The minimum absolute atomic E-state index is 0.00149. The van der Waals surface area contributed by atoms with Gasteiger partial charge in [0, 0.05) is 18.6 Å². The Morgan fingerprint density at radius 1 is 1.03 bits per heavy atom. The molecule has 0 saturated carbocycles. The first-order valence-corrected chi connectivity index (χ1v) is 13.0. The van der Waals surface area contributed by atoms with E-state index in [4.69, 9.17) is 11.6 Å². The Balaban J connectivity index is 2.06. The molecule has 0 spiro atoms. The normalized spacial score (nSPS) is 12.0. The van der Waals surface area contributed by atoms with Crippen molar-refractivity contribution in [3.05, 3.63) is 94.8 Å². The Morgan fingerprint density at radius 2 is 1.67 bits per heavy atom. The van der Waals surface area contributed by atoms with Gasteiger partial charge in [0.25, 0.3) is 10.0 Å². The summed E-state index contributed by atoms with van der Waals surface area (Å²) in [7, 11) is -2.73. The highest BCUT2D eigenvalue weighted by molar-refractivity contribution is 7.92. The van der Waals surface area contributed by atoms with Crippen LogP contribution in [0, 0.1) is 12.7 Å². The van der Waals surface area contributed by atoms with Gasteiger partial charge in [-0.2, -0.15) is 0 Å². The monoisotopic (exact) mass is 531 g/mol. The number of aryl methyl sites for hydroxylation is 1. The van der Waals surface area contributed by atoms with Crippen molar-refractivity contribution in [3.8, 4) is 0 Å². The first-order valence-electron chi connectivity index (χ1n) is 11.1. The first-order chi connectivity index (χ1) is 17.0. The fourth-order valence-corrected chi connectivity index (χ4v) is 5.32. The number of sulfonamides is 1. The number of rotatable bonds is 9. The quantitative estimate of drug-likeness (QED) is 0.449. The number of hydrogen-bond acceptors (Lipinski definition) is 4. The summed E-state index contributed by atoms with van der Waals surface area (Å²) in [4.78, 5) is 27.4. The van der Waals surface area contributed by atoms with Gasteiger partial charge in [-0.25, -0.2) is 12.8 Å². The van der Waals surface area contributed by atoms with Gasteiger partial charge in [0.1, 0.15) is 18.4 Å². The summed E-state index contributed by atoms with van der Waals surface area (Å²) >= 11 is 6.19. The molecule has 0 fully saturated rings. The van der Waals surface area contributed by atoms with E-state index in [0.717, 1.165) is 4.31 Å². The number of hydrogen-bond donors (Lipinski definition) is 1. The predicted molar refractivity (Wildman–Crippen MR) is 138 cm³/mol. The Kier molecular flexibility index (Phi) is 8.70. The molecule has 0 radical (unpaired) electrons. The van der Waals surface area contributed by atoms with E-state index in [1.54, 1.807) is 44.2 Å². The van der Waals surface area contributed by atoms with Crippen molar-refractivity contribution < 1.29 is 22.4 Å². The van der Waals surface area contributed by atoms with Crippen molar-refractivity contribution in [3.63, 3.8) is 0 Å². The molecule has 0 aromatic heterocycles. The molecule has 1 N–H and O–H groups in total. The van der Waals surface area contributed by atoms with Crippen molar-refractivity contribution in [2.24, 2.45) is 0 Å². The zero-order chi connectivity index (χ0) is 26.5. The van der Waals surface area contributed by atoms with E-state index < -0.39 is 40.2 Å². The van der Waals surface area contributed by atoms with Crippen molar-refractivity contribution in [1.29, 1.82) is 0 Å². The van der Waals surface area contributed by atoms with Gasteiger partial charge >= 0.3 is 0 Å². The summed E-state index contributed by atoms with van der Waals surface area (Å²) in [6.07, 6.45) is 0. The van der Waals surface area contributed by atoms with Gasteiger partial charge in [-0.1, -0.05) is 48.0 Å². The molecule has 7 nitrogen and oxygen atoms in total. The van der Waals surface area contributed by atoms with Gasteiger partial charge < -0.3 is 10.2 Å². The van der Waals surface area contributed by atoms with Gasteiger partial charge in [0.15, 0.2) is 0 Å². The maximum absolute atomic E-state index is 13.7. The van der Waals surface area contributed by atoms with E-state index in [-0.39, 0.29) is 17.1 Å². The zero-order valence-electron chi connectivity index (χ0n) is 20.1. The van der Waals surface area contributed by atoms with Crippen LogP contribution in [0.25, 0.3) is 0 Å². The van der Waals surface area contributed by atoms with Gasteiger partial charge in [-0.15, -0.1) is 0 Å². The topological polar surface area (TPSA) is 86.8 Å². The highest BCUT2D eigenvalue weighted by atomic mass is 35.5. The molecule has 36 heavy (non-hydrogen) atoms. The summed E-state index contributed by atoms with van der Waals surface area (Å²) in [5, 5.41) is 2.81. The molecule has 0 unspecified atom stereocenters. The molecule has 0 aliphatic heterocycles. The van der Waals surface area contributed by atoms with Crippen LogP contribution in [-0.2, 0) is 26.2 Å². The first kappa shape index (κ1) is 27.2. The van der Waals surface area contributed by atoms with Crippen LogP contribution in [0.4, 0.5) is 10.1 Å². The minimum Gasteiger partial charge on any atom is -0.357 e. The minimum atomic E-state index is -4.17. The Bertz CT molecular complexity index is 1340. The molecule has 0 bridgehead atoms. The lowest BCUT2D eigenvalue weighted by molar-refractivity contribution is -0.139. The lowest BCUT2D eigenvalue weighted by atomic mass is 10.1. The molecule has 2 amide bonds. The fraction of sp³-hybridized carbons (Fsp3) is 0.231. The van der Waals surface area contributed by atoms with Crippen molar-refractivity contribution in [2.75, 3.05) is 17.9 Å². The van der Waals surface area contributed by atoms with Crippen molar-refractivity contribution >= 4 is 39.1 Å². The van der Waals surface area contributed by atoms with Crippen molar-refractivity contribution in [2.45, 2.75) is 31.3 Å². The van der Waals surface area contributed by atoms with E-state index in [1.165, 1.54) is 54.4 Å². The van der Waals surface area contributed by atoms with E-state index in [9.17, 15) is 22.4 Å². The summed E-state index contributed by atoms with van der Waals surface area (Å²) in [6, 6.07) is 17.1. The molecule has 3 aromatic carbocycles. The number of amides is 2. The van der Waals surface area contributed by atoms with Crippen LogP contribution in [0.1, 0.15) is 18.1 Å². The molecule has 10 heteroatoms. The van der Waals surface area contributed by atoms with Crippen LogP contribution >= 0.6 is 11.6 Å². The summed E-state index contributed by atoms with van der Waals surface area (Å²) in [5.74, 6) is -1.48. The fourth-order valence-electron chi connectivity index (χ4n) is 3.66. The summed E-state index contributed by atoms with van der Waals surface area (Å²) < 4.78 is 41.8. The van der Waals surface area contributed by atoms with Crippen LogP contribution in [0.2, 0.25) is 5.02 Å². The Hall–Kier alpha value is -3.43. The second kappa shape index (κ2) is 11.5. The summed E-state index contributed by atoms with van der Waals surface area (Å²) in [6.45, 7) is 2.65. The second-order valence-corrected chi connectivity index (χ2v) is 10.5. The average molecular weight is 532 g/mol. The molecule has 0 aliphatic carbocycles. The van der Waals surface area contributed by atoms with Gasteiger partial charge in [0.05, 0.1) is 10.6 Å². The number of nitrogens with one attached hydrogen (secondary N) is 1. The van der Waals surface area contributed by atoms with Crippen molar-refractivity contribution in [1.82, 2.24) is 10.2 Å². The molecule has 190 valence electrons. The van der Waals surface area contributed by atoms with Crippen LogP contribution in [0.5, 0.6) is 0 Å². The van der Waals surface area contributed by atoms with Gasteiger partial charge in [-0.3, -0.25) is 13.9 Å². The summed E-state index contributed by atoms with van der Waals surface area (Å²) in [5.41, 5.74) is 1.42.